The van der Waals surface area contributed by atoms with Gasteiger partial charge in [-0.05, 0) is 84.9 Å². The lowest BCUT2D eigenvalue weighted by Gasteiger charge is -2.52. The van der Waals surface area contributed by atoms with E-state index in [9.17, 15) is 9.90 Å². The molecule has 2 bridgehead atoms. The number of carbonyl (C=O) groups excluding carboxylic acids is 1. The normalized spacial score (nSPS) is 42.3. The van der Waals surface area contributed by atoms with E-state index < -0.39 is 29.0 Å². The van der Waals surface area contributed by atoms with Gasteiger partial charge in [-0.3, -0.25) is 4.79 Å². The zero-order valence-corrected chi connectivity index (χ0v) is 23.3. The smallest absolute Gasteiger partial charge is 0.262 e. The molecular weight excluding hydrogens is 506 g/mol. The SMILES string of the molecule is CC1=C[C@]23C(=O)[C@@H](C=C4COC(C)(C)O[C@H]4[C@]2(O)[C@H]1Oc1noc2ccc(Cl)cc12)[C@H]1[C@@H](C[C@H]3C)C1(C)C. The van der Waals surface area contributed by atoms with E-state index in [-0.39, 0.29) is 41.4 Å². The van der Waals surface area contributed by atoms with Crippen LogP contribution in [-0.4, -0.2) is 46.2 Å². The van der Waals surface area contributed by atoms with E-state index in [1.54, 1.807) is 18.2 Å². The average molecular weight is 540 g/mol. The fourth-order valence-electron chi connectivity index (χ4n) is 8.39. The average Bonchev–Trinajstić information content (AvgIpc) is 3.12. The predicted octanol–water partition coefficient (Wildman–Crippen LogP) is 5.49. The Bertz CT molecular complexity index is 1440. The molecule has 8 atom stereocenters. The van der Waals surface area contributed by atoms with Gasteiger partial charge in [0.15, 0.2) is 28.9 Å². The van der Waals surface area contributed by atoms with Crippen molar-refractivity contribution >= 4 is 28.4 Å². The molecule has 2 aromatic rings. The molecule has 1 N–H and O–H groups in total. The second-order valence-electron chi connectivity index (χ2n) is 13.1. The third-order valence-electron chi connectivity index (χ3n) is 10.3. The Morgan fingerprint density at radius 2 is 1.97 bits per heavy atom. The van der Waals surface area contributed by atoms with Crippen LogP contribution >= 0.6 is 11.6 Å². The molecule has 7 nitrogen and oxygen atoms in total. The van der Waals surface area contributed by atoms with Crippen molar-refractivity contribution in [2.75, 3.05) is 6.61 Å². The highest BCUT2D eigenvalue weighted by Crippen LogP contribution is 2.72. The number of aliphatic hydroxyl groups is 1. The minimum absolute atomic E-state index is 0.0485. The second kappa shape index (κ2) is 7.51. The molecule has 3 fully saturated rings. The first-order valence-electron chi connectivity index (χ1n) is 13.5. The summed E-state index contributed by atoms with van der Waals surface area (Å²) in [7, 11) is 0. The lowest BCUT2D eigenvalue weighted by Crippen LogP contribution is -2.68. The first kappa shape index (κ1) is 24.8. The maximum absolute atomic E-state index is 14.8. The molecule has 2 saturated carbocycles. The topological polar surface area (TPSA) is 91.0 Å². The molecule has 7 rings (SSSR count). The van der Waals surface area contributed by atoms with Gasteiger partial charge in [-0.25, -0.2) is 0 Å². The standard InChI is InChI=1S/C30H34ClNO6/c1-14-12-29-15(2)9-20-22(27(20,3)4)19(23(29)33)10-16-13-35-28(5,6)37-25(16)30(29,34)24(14)36-26-18-11-17(31)7-8-21(18)38-32-26/h7-8,10-12,15,19-20,22,24-25,34H,9,13H2,1-6H3/t15-,19+,20-,22+,24+,25-,29+,30-/m1/s1. The van der Waals surface area contributed by atoms with Crippen LogP contribution in [0, 0.1) is 34.5 Å². The number of aromatic nitrogens is 1. The van der Waals surface area contributed by atoms with E-state index >= 15 is 0 Å². The van der Waals surface area contributed by atoms with Gasteiger partial charge in [-0.1, -0.05) is 44.5 Å². The molecule has 4 aliphatic carbocycles. The van der Waals surface area contributed by atoms with Crippen molar-refractivity contribution in [3.05, 3.63) is 46.5 Å². The molecule has 0 unspecified atom stereocenters. The fraction of sp³-hybridized carbons (Fsp3) is 0.600. The van der Waals surface area contributed by atoms with Crippen molar-refractivity contribution in [2.24, 2.45) is 34.5 Å². The van der Waals surface area contributed by atoms with Gasteiger partial charge in [0.05, 0.1) is 17.4 Å². The number of ether oxygens (including phenoxy) is 3. The predicted molar refractivity (Wildman–Crippen MR) is 141 cm³/mol. The summed E-state index contributed by atoms with van der Waals surface area (Å²) in [5, 5.41) is 18.5. The highest BCUT2D eigenvalue weighted by atomic mass is 35.5. The number of halogens is 1. The Morgan fingerprint density at radius 3 is 2.74 bits per heavy atom. The number of carbonyl (C=O) groups is 1. The number of hydrogen-bond donors (Lipinski definition) is 1. The highest BCUT2D eigenvalue weighted by Gasteiger charge is 2.77. The first-order valence-corrected chi connectivity index (χ1v) is 13.9. The van der Waals surface area contributed by atoms with Crippen molar-refractivity contribution in [3.63, 3.8) is 0 Å². The number of ketones is 1. The Hall–Kier alpha value is -2.19. The lowest BCUT2D eigenvalue weighted by molar-refractivity contribution is -0.301. The van der Waals surface area contributed by atoms with Crippen molar-refractivity contribution in [1.82, 2.24) is 5.16 Å². The zero-order valence-electron chi connectivity index (χ0n) is 22.6. The quantitative estimate of drug-likeness (QED) is 0.504. The molecule has 202 valence electrons. The van der Waals surface area contributed by atoms with Crippen LogP contribution in [0.3, 0.4) is 0 Å². The van der Waals surface area contributed by atoms with Gasteiger partial charge in [0.1, 0.15) is 6.10 Å². The maximum atomic E-state index is 14.8. The van der Waals surface area contributed by atoms with E-state index in [0.717, 1.165) is 17.6 Å². The molecule has 8 heteroatoms. The number of nitrogens with zero attached hydrogens (tertiary/aromatic N) is 1. The summed E-state index contributed by atoms with van der Waals surface area (Å²) in [6.45, 7) is 12.5. The molecule has 5 aliphatic rings. The molecule has 1 aromatic heterocycles. The van der Waals surface area contributed by atoms with Gasteiger partial charge in [0.25, 0.3) is 5.88 Å². The van der Waals surface area contributed by atoms with E-state index in [1.165, 1.54) is 0 Å². The zero-order chi connectivity index (χ0) is 27.0. The number of hydrogen-bond acceptors (Lipinski definition) is 7. The van der Waals surface area contributed by atoms with Crippen molar-refractivity contribution in [2.45, 2.75) is 71.6 Å². The Labute approximate surface area is 227 Å². The number of rotatable bonds is 2. The van der Waals surface area contributed by atoms with Crippen molar-refractivity contribution in [3.8, 4) is 5.88 Å². The van der Waals surface area contributed by atoms with Gasteiger partial charge in [0, 0.05) is 10.9 Å². The monoisotopic (exact) mass is 539 g/mol. The molecule has 2 heterocycles. The first-order chi connectivity index (χ1) is 17.8. The minimum atomic E-state index is -1.72. The molecule has 1 aromatic carbocycles. The lowest BCUT2D eigenvalue weighted by atomic mass is 9.59. The summed E-state index contributed by atoms with van der Waals surface area (Å²) < 4.78 is 24.7. The van der Waals surface area contributed by atoms with Crippen LogP contribution in [0.15, 0.2) is 46.0 Å². The molecule has 1 aliphatic heterocycles. The van der Waals surface area contributed by atoms with Crippen LogP contribution in [0.1, 0.15) is 48.0 Å². The second-order valence-corrected chi connectivity index (χ2v) is 13.6. The molecular formula is C30H34ClNO6. The fourth-order valence-corrected chi connectivity index (χ4v) is 8.56. The van der Waals surface area contributed by atoms with Crippen molar-refractivity contribution < 1.29 is 28.6 Å². The van der Waals surface area contributed by atoms with E-state index in [2.05, 4.69) is 32.0 Å². The molecule has 0 radical (unpaired) electrons. The number of allylic oxidation sites excluding steroid dienone is 1. The van der Waals surface area contributed by atoms with Gasteiger partial charge < -0.3 is 23.8 Å². The van der Waals surface area contributed by atoms with Gasteiger partial charge in [0.2, 0.25) is 0 Å². The van der Waals surface area contributed by atoms with Crippen LogP contribution in [0.2, 0.25) is 5.02 Å². The third-order valence-corrected chi connectivity index (χ3v) is 10.5. The summed E-state index contributed by atoms with van der Waals surface area (Å²) in [6.07, 6.45) is 3.17. The molecule has 38 heavy (non-hydrogen) atoms. The molecule has 1 saturated heterocycles. The van der Waals surface area contributed by atoms with E-state index in [1.807, 2.05) is 26.8 Å². The third kappa shape index (κ3) is 2.96. The molecule has 0 amide bonds. The number of benzene rings is 1. The summed E-state index contributed by atoms with van der Waals surface area (Å²) in [6, 6.07) is 5.19. The maximum Gasteiger partial charge on any atom is 0.262 e. The van der Waals surface area contributed by atoms with Crippen LogP contribution in [-0.2, 0) is 14.3 Å². The summed E-state index contributed by atoms with van der Waals surface area (Å²) >= 11 is 6.27. The minimum Gasteiger partial charge on any atom is -0.464 e. The van der Waals surface area contributed by atoms with Crippen LogP contribution in [0.25, 0.3) is 11.0 Å². The summed E-state index contributed by atoms with van der Waals surface area (Å²) in [5.74, 6) is -0.509. The van der Waals surface area contributed by atoms with Crippen LogP contribution < -0.4 is 4.74 Å². The van der Waals surface area contributed by atoms with Crippen LogP contribution in [0.5, 0.6) is 5.88 Å². The summed E-state index contributed by atoms with van der Waals surface area (Å²) in [4.78, 5) is 14.8. The highest BCUT2D eigenvalue weighted by molar-refractivity contribution is 6.31. The van der Waals surface area contributed by atoms with Gasteiger partial charge in [-0.15, -0.1) is 0 Å². The number of Topliss-reactive ketones (excluding diaryl/α,β-unsaturated/α-hetero) is 1. The van der Waals surface area contributed by atoms with Crippen molar-refractivity contribution in [1.29, 1.82) is 0 Å². The number of fused-ring (bicyclic) bond motifs is 6. The molecule has 1 spiro atoms. The Morgan fingerprint density at radius 1 is 1.21 bits per heavy atom. The van der Waals surface area contributed by atoms with Crippen LogP contribution in [0.4, 0.5) is 0 Å². The largest absolute Gasteiger partial charge is 0.464 e. The summed E-state index contributed by atoms with van der Waals surface area (Å²) in [5.41, 5.74) is -0.755. The van der Waals surface area contributed by atoms with E-state index in [4.69, 9.17) is 30.3 Å². The van der Waals surface area contributed by atoms with Gasteiger partial charge in [-0.2, -0.15) is 0 Å². The van der Waals surface area contributed by atoms with E-state index in [0.29, 0.717) is 21.9 Å². The van der Waals surface area contributed by atoms with Gasteiger partial charge >= 0.3 is 0 Å². The Kier molecular flexibility index (Phi) is 4.90. The Balaban J connectivity index is 1.43.